The van der Waals surface area contributed by atoms with E-state index in [-0.39, 0.29) is 0 Å². The monoisotopic (exact) mass is 240 g/mol. The van der Waals surface area contributed by atoms with Gasteiger partial charge in [0.05, 0.1) is 0 Å². The Hall–Kier alpha value is -0.680. The molecule has 0 radical (unpaired) electrons. The van der Waals surface area contributed by atoms with Gasteiger partial charge in [-0.3, -0.25) is 5.10 Å². The largest absolute Gasteiger partial charge is 0.303 e. The van der Waals surface area contributed by atoms with E-state index in [1.54, 1.807) is 0 Å². The van der Waals surface area contributed by atoms with Crippen molar-refractivity contribution in [3.63, 3.8) is 0 Å². The standard InChI is InChI=1S/C11H20N4S/c1-3-6-14-7-4-10(5-8-14)15-9(2)12-13-11(15)16/h10H,3-8H2,1-2H3,(H,13,16). The van der Waals surface area contributed by atoms with Crippen molar-refractivity contribution in [2.75, 3.05) is 19.6 Å². The summed E-state index contributed by atoms with van der Waals surface area (Å²) < 4.78 is 2.95. The summed E-state index contributed by atoms with van der Waals surface area (Å²) >= 11 is 5.27. The van der Waals surface area contributed by atoms with Gasteiger partial charge >= 0.3 is 0 Å². The second kappa shape index (κ2) is 5.10. The molecule has 16 heavy (non-hydrogen) atoms. The van der Waals surface area contributed by atoms with Gasteiger partial charge in [0.1, 0.15) is 5.82 Å². The molecule has 1 N–H and O–H groups in total. The van der Waals surface area contributed by atoms with Gasteiger partial charge in [0.25, 0.3) is 0 Å². The molecule has 2 rings (SSSR count). The van der Waals surface area contributed by atoms with Gasteiger partial charge in [0.2, 0.25) is 0 Å². The van der Waals surface area contributed by atoms with Gasteiger partial charge in [-0.15, -0.1) is 0 Å². The molecule has 0 amide bonds. The van der Waals surface area contributed by atoms with Crippen LogP contribution in [0.2, 0.25) is 0 Å². The predicted octanol–water partition coefficient (Wildman–Crippen LogP) is 2.30. The van der Waals surface area contributed by atoms with E-state index >= 15 is 0 Å². The van der Waals surface area contributed by atoms with E-state index in [1.807, 2.05) is 6.92 Å². The minimum absolute atomic E-state index is 0.541. The van der Waals surface area contributed by atoms with Gasteiger partial charge in [-0.05, 0) is 44.9 Å². The summed E-state index contributed by atoms with van der Waals surface area (Å²) in [6.45, 7) is 7.85. The van der Waals surface area contributed by atoms with E-state index < -0.39 is 0 Å². The number of rotatable bonds is 3. The van der Waals surface area contributed by atoms with Crippen LogP contribution < -0.4 is 0 Å². The maximum absolute atomic E-state index is 5.27. The fourth-order valence-electron chi connectivity index (χ4n) is 2.53. The molecule has 1 aromatic heterocycles. The van der Waals surface area contributed by atoms with Crippen molar-refractivity contribution >= 4 is 12.2 Å². The third-order valence-electron chi connectivity index (χ3n) is 3.34. The Labute approximate surface area is 102 Å². The van der Waals surface area contributed by atoms with Crippen LogP contribution in [0.5, 0.6) is 0 Å². The number of hydrogen-bond donors (Lipinski definition) is 1. The van der Waals surface area contributed by atoms with Gasteiger partial charge in [-0.25, -0.2) is 0 Å². The molecule has 5 heteroatoms. The number of nitrogens with zero attached hydrogens (tertiary/aromatic N) is 3. The van der Waals surface area contributed by atoms with E-state index in [2.05, 4.69) is 26.6 Å². The van der Waals surface area contributed by atoms with Crippen LogP contribution in [0.3, 0.4) is 0 Å². The molecule has 0 aliphatic carbocycles. The summed E-state index contributed by atoms with van der Waals surface area (Å²) in [5.41, 5.74) is 0. The van der Waals surface area contributed by atoms with Crippen LogP contribution in [0, 0.1) is 11.7 Å². The predicted molar refractivity (Wildman–Crippen MR) is 67.2 cm³/mol. The van der Waals surface area contributed by atoms with Crippen molar-refractivity contribution in [1.82, 2.24) is 19.7 Å². The highest BCUT2D eigenvalue weighted by Gasteiger charge is 2.21. The zero-order valence-electron chi connectivity index (χ0n) is 10.1. The van der Waals surface area contributed by atoms with Crippen molar-refractivity contribution in [2.24, 2.45) is 0 Å². The Balaban J connectivity index is 2.02. The van der Waals surface area contributed by atoms with Gasteiger partial charge in [0.15, 0.2) is 4.77 Å². The molecule has 1 saturated heterocycles. The fraction of sp³-hybridized carbons (Fsp3) is 0.818. The molecular weight excluding hydrogens is 220 g/mol. The first-order valence-electron chi connectivity index (χ1n) is 6.08. The van der Waals surface area contributed by atoms with Gasteiger partial charge in [-0.1, -0.05) is 6.92 Å². The smallest absolute Gasteiger partial charge is 0.195 e. The van der Waals surface area contributed by atoms with Crippen molar-refractivity contribution in [2.45, 2.75) is 39.2 Å². The molecule has 4 nitrogen and oxygen atoms in total. The number of aromatic amines is 1. The van der Waals surface area contributed by atoms with E-state index in [9.17, 15) is 0 Å². The van der Waals surface area contributed by atoms with Crippen LogP contribution in [-0.4, -0.2) is 39.3 Å². The molecule has 0 saturated carbocycles. The average molecular weight is 240 g/mol. The molecule has 0 unspecified atom stereocenters. The van der Waals surface area contributed by atoms with Crippen LogP contribution >= 0.6 is 12.2 Å². The van der Waals surface area contributed by atoms with E-state index in [1.165, 1.54) is 38.9 Å². The molecule has 90 valence electrons. The first kappa shape index (κ1) is 11.8. The number of H-pyrrole nitrogens is 1. The molecule has 0 atom stereocenters. The summed E-state index contributed by atoms with van der Waals surface area (Å²) in [4.78, 5) is 2.54. The maximum Gasteiger partial charge on any atom is 0.195 e. The number of aryl methyl sites for hydroxylation is 1. The number of piperidine rings is 1. The minimum atomic E-state index is 0.541. The number of nitrogens with one attached hydrogen (secondary N) is 1. The lowest BCUT2D eigenvalue weighted by Gasteiger charge is -2.32. The molecule has 0 bridgehead atoms. The molecule has 1 fully saturated rings. The lowest BCUT2D eigenvalue weighted by atomic mass is 10.0. The molecule has 2 heterocycles. The molecule has 1 aliphatic rings. The lowest BCUT2D eigenvalue weighted by molar-refractivity contribution is 0.185. The van der Waals surface area contributed by atoms with Gasteiger partial charge in [-0.2, -0.15) is 5.10 Å². The molecule has 0 aromatic carbocycles. The van der Waals surface area contributed by atoms with Crippen LogP contribution in [0.4, 0.5) is 0 Å². The van der Waals surface area contributed by atoms with Crippen molar-refractivity contribution in [3.05, 3.63) is 10.6 Å². The van der Waals surface area contributed by atoms with Crippen LogP contribution in [0.25, 0.3) is 0 Å². The number of aromatic nitrogens is 3. The normalized spacial score (nSPS) is 19.1. The third kappa shape index (κ3) is 2.35. The summed E-state index contributed by atoms with van der Waals surface area (Å²) in [5, 5.41) is 7.05. The zero-order valence-corrected chi connectivity index (χ0v) is 10.9. The Morgan fingerprint density at radius 3 is 2.62 bits per heavy atom. The number of likely N-dealkylation sites (tertiary alicyclic amines) is 1. The summed E-state index contributed by atoms with van der Waals surface area (Å²) in [7, 11) is 0. The SMILES string of the molecule is CCCN1CCC(n2c(C)n[nH]c2=S)CC1. The van der Waals surface area contributed by atoms with E-state index in [0.29, 0.717) is 6.04 Å². The van der Waals surface area contributed by atoms with Gasteiger partial charge in [0, 0.05) is 19.1 Å². The average Bonchev–Trinajstić information content (AvgIpc) is 2.61. The minimum Gasteiger partial charge on any atom is -0.303 e. The first-order chi connectivity index (χ1) is 7.72. The Morgan fingerprint density at radius 2 is 2.12 bits per heavy atom. The Morgan fingerprint density at radius 1 is 1.44 bits per heavy atom. The molecule has 1 aliphatic heterocycles. The third-order valence-corrected chi connectivity index (χ3v) is 3.63. The van der Waals surface area contributed by atoms with Crippen molar-refractivity contribution in [3.8, 4) is 0 Å². The fourth-order valence-corrected chi connectivity index (χ4v) is 2.86. The second-order valence-electron chi connectivity index (χ2n) is 4.52. The summed E-state index contributed by atoms with van der Waals surface area (Å²) in [5.74, 6) is 1.01. The molecule has 1 aromatic rings. The van der Waals surface area contributed by atoms with E-state index in [0.717, 1.165) is 10.6 Å². The van der Waals surface area contributed by atoms with Crippen LogP contribution in [0.1, 0.15) is 38.1 Å². The summed E-state index contributed by atoms with van der Waals surface area (Å²) in [6.07, 6.45) is 3.62. The first-order valence-corrected chi connectivity index (χ1v) is 6.49. The maximum atomic E-state index is 5.27. The highest BCUT2D eigenvalue weighted by Crippen LogP contribution is 2.23. The quantitative estimate of drug-likeness (QED) is 0.824. The van der Waals surface area contributed by atoms with Crippen LogP contribution in [-0.2, 0) is 0 Å². The van der Waals surface area contributed by atoms with E-state index in [4.69, 9.17) is 12.2 Å². The van der Waals surface area contributed by atoms with Crippen molar-refractivity contribution < 1.29 is 0 Å². The number of hydrogen-bond acceptors (Lipinski definition) is 3. The summed E-state index contributed by atoms with van der Waals surface area (Å²) in [6, 6.07) is 0.541. The zero-order chi connectivity index (χ0) is 11.5. The van der Waals surface area contributed by atoms with Crippen molar-refractivity contribution in [1.29, 1.82) is 0 Å². The van der Waals surface area contributed by atoms with Crippen LogP contribution in [0.15, 0.2) is 0 Å². The molecule has 0 spiro atoms. The topological polar surface area (TPSA) is 36.9 Å². The Bertz CT molecular complexity index is 387. The highest BCUT2D eigenvalue weighted by molar-refractivity contribution is 7.71. The Kier molecular flexibility index (Phi) is 3.76. The van der Waals surface area contributed by atoms with Gasteiger partial charge < -0.3 is 9.47 Å². The molecular formula is C11H20N4S. The highest BCUT2D eigenvalue weighted by atomic mass is 32.1. The lowest BCUT2D eigenvalue weighted by Crippen LogP contribution is -2.35. The second-order valence-corrected chi connectivity index (χ2v) is 4.91.